The van der Waals surface area contributed by atoms with Crippen molar-refractivity contribution in [1.29, 1.82) is 0 Å². The zero-order valence-electron chi connectivity index (χ0n) is 14.7. The number of carbonyl (C=O) groups is 1. The van der Waals surface area contributed by atoms with E-state index in [0.29, 0.717) is 24.3 Å². The van der Waals surface area contributed by atoms with Crippen LogP contribution >= 0.6 is 0 Å². The molecular weight excluding hydrogens is 334 g/mol. The van der Waals surface area contributed by atoms with E-state index in [4.69, 9.17) is 0 Å². The highest BCUT2D eigenvalue weighted by Crippen LogP contribution is 2.30. The molecule has 2 aromatic carbocycles. The molecule has 3 rings (SSSR count). The lowest BCUT2D eigenvalue weighted by molar-refractivity contribution is -0.118. The highest BCUT2D eigenvalue weighted by Gasteiger charge is 2.23. The van der Waals surface area contributed by atoms with Crippen LogP contribution in [0.15, 0.2) is 47.4 Å². The molecule has 1 aliphatic heterocycles. The van der Waals surface area contributed by atoms with Gasteiger partial charge in [0, 0.05) is 24.9 Å². The number of hydrogen-bond acceptors (Lipinski definition) is 3. The predicted molar refractivity (Wildman–Crippen MR) is 99.7 cm³/mol. The lowest BCUT2D eigenvalue weighted by Crippen LogP contribution is -2.35. The predicted octanol–water partition coefficient (Wildman–Crippen LogP) is 3.31. The summed E-state index contributed by atoms with van der Waals surface area (Å²) in [6.45, 7) is 2.74. The Bertz CT molecular complexity index is 886. The van der Waals surface area contributed by atoms with E-state index in [0.717, 1.165) is 29.7 Å². The minimum Gasteiger partial charge on any atom is -0.312 e. The van der Waals surface area contributed by atoms with Crippen molar-refractivity contribution in [2.24, 2.45) is 0 Å². The standard InChI is InChI=1S/C20H23NO3S/c1-15-5-7-16(8-6-15)9-12-20(22)21-13-3-4-17-14-18(25(2,23)24)10-11-19(17)21/h5-8,10-11,14H,3-4,9,12-13H2,1-2H3. The smallest absolute Gasteiger partial charge is 0.227 e. The summed E-state index contributed by atoms with van der Waals surface area (Å²) in [7, 11) is -3.23. The Kier molecular flexibility index (Phi) is 4.95. The van der Waals surface area contributed by atoms with E-state index in [2.05, 4.69) is 24.3 Å². The van der Waals surface area contributed by atoms with E-state index in [1.54, 1.807) is 23.1 Å². The molecule has 25 heavy (non-hydrogen) atoms. The van der Waals surface area contributed by atoms with Gasteiger partial charge in [0.15, 0.2) is 9.84 Å². The van der Waals surface area contributed by atoms with Crippen LogP contribution in [0, 0.1) is 6.92 Å². The summed E-state index contributed by atoms with van der Waals surface area (Å²) < 4.78 is 23.5. The Hall–Kier alpha value is -2.14. The molecule has 0 saturated carbocycles. The third-order valence-corrected chi connectivity index (χ3v) is 5.76. The molecule has 132 valence electrons. The Labute approximate surface area is 149 Å². The summed E-state index contributed by atoms with van der Waals surface area (Å²) in [6.07, 6.45) is 4.04. The first-order valence-corrected chi connectivity index (χ1v) is 10.4. The van der Waals surface area contributed by atoms with E-state index in [1.165, 1.54) is 11.8 Å². The normalized spacial score (nSPS) is 14.2. The van der Waals surface area contributed by atoms with Crippen molar-refractivity contribution in [3.63, 3.8) is 0 Å². The number of carbonyl (C=O) groups excluding carboxylic acids is 1. The Morgan fingerprint density at radius 3 is 2.52 bits per heavy atom. The first-order valence-electron chi connectivity index (χ1n) is 8.53. The van der Waals surface area contributed by atoms with Gasteiger partial charge in [0.25, 0.3) is 0 Å². The molecule has 0 aromatic heterocycles. The fraction of sp³-hybridized carbons (Fsp3) is 0.350. The lowest BCUT2D eigenvalue weighted by atomic mass is 10.0. The fourth-order valence-electron chi connectivity index (χ4n) is 3.20. The third-order valence-electron chi connectivity index (χ3n) is 4.65. The highest BCUT2D eigenvalue weighted by atomic mass is 32.2. The average Bonchev–Trinajstić information content (AvgIpc) is 2.59. The molecule has 4 nitrogen and oxygen atoms in total. The first-order chi connectivity index (χ1) is 11.8. The number of anilines is 1. The molecule has 0 saturated heterocycles. The second-order valence-electron chi connectivity index (χ2n) is 6.70. The van der Waals surface area contributed by atoms with Crippen molar-refractivity contribution in [3.8, 4) is 0 Å². The van der Waals surface area contributed by atoms with Gasteiger partial charge in [-0.3, -0.25) is 4.79 Å². The van der Waals surface area contributed by atoms with E-state index >= 15 is 0 Å². The second-order valence-corrected chi connectivity index (χ2v) is 8.71. The van der Waals surface area contributed by atoms with Crippen molar-refractivity contribution in [1.82, 2.24) is 0 Å². The van der Waals surface area contributed by atoms with Gasteiger partial charge >= 0.3 is 0 Å². The molecule has 0 bridgehead atoms. The maximum absolute atomic E-state index is 12.7. The van der Waals surface area contributed by atoms with Crippen LogP contribution in [0.3, 0.4) is 0 Å². The Morgan fingerprint density at radius 2 is 1.84 bits per heavy atom. The molecular formula is C20H23NO3S. The molecule has 0 aliphatic carbocycles. The molecule has 0 N–H and O–H groups in total. The molecule has 0 atom stereocenters. The zero-order valence-corrected chi connectivity index (χ0v) is 15.5. The molecule has 0 spiro atoms. The van der Waals surface area contributed by atoms with Crippen LogP contribution < -0.4 is 4.90 Å². The van der Waals surface area contributed by atoms with Crippen molar-refractivity contribution < 1.29 is 13.2 Å². The van der Waals surface area contributed by atoms with Crippen LogP contribution in [-0.2, 0) is 27.5 Å². The van der Waals surface area contributed by atoms with E-state index in [9.17, 15) is 13.2 Å². The number of benzene rings is 2. The Balaban J connectivity index is 1.75. The van der Waals surface area contributed by atoms with Gasteiger partial charge in [-0.1, -0.05) is 29.8 Å². The zero-order chi connectivity index (χ0) is 18.0. The SMILES string of the molecule is Cc1ccc(CCC(=O)N2CCCc3cc(S(C)(=O)=O)ccc32)cc1. The van der Waals surface area contributed by atoms with Crippen LogP contribution in [0.2, 0.25) is 0 Å². The number of sulfone groups is 1. The minimum absolute atomic E-state index is 0.0913. The maximum Gasteiger partial charge on any atom is 0.227 e. The van der Waals surface area contributed by atoms with Gasteiger partial charge in [-0.25, -0.2) is 8.42 Å². The molecule has 2 aromatic rings. The van der Waals surface area contributed by atoms with Crippen LogP contribution in [-0.4, -0.2) is 27.1 Å². The van der Waals surface area contributed by atoms with Gasteiger partial charge in [-0.05, 0) is 55.5 Å². The number of hydrogen-bond donors (Lipinski definition) is 0. The van der Waals surface area contributed by atoms with Crippen molar-refractivity contribution in [2.45, 2.75) is 37.5 Å². The van der Waals surface area contributed by atoms with Crippen LogP contribution in [0.5, 0.6) is 0 Å². The quantitative estimate of drug-likeness (QED) is 0.843. The topological polar surface area (TPSA) is 54.5 Å². The molecule has 0 radical (unpaired) electrons. The number of fused-ring (bicyclic) bond motifs is 1. The fourth-order valence-corrected chi connectivity index (χ4v) is 3.88. The molecule has 0 fully saturated rings. The average molecular weight is 357 g/mol. The number of nitrogens with zero attached hydrogens (tertiary/aromatic N) is 1. The van der Waals surface area contributed by atoms with Crippen LogP contribution in [0.1, 0.15) is 29.5 Å². The highest BCUT2D eigenvalue weighted by molar-refractivity contribution is 7.90. The monoisotopic (exact) mass is 357 g/mol. The second kappa shape index (κ2) is 7.00. The summed E-state index contributed by atoms with van der Waals surface area (Å²) in [5.41, 5.74) is 4.16. The van der Waals surface area contributed by atoms with Crippen molar-refractivity contribution >= 4 is 21.4 Å². The van der Waals surface area contributed by atoms with Gasteiger partial charge in [0.1, 0.15) is 0 Å². The molecule has 1 heterocycles. The van der Waals surface area contributed by atoms with E-state index < -0.39 is 9.84 Å². The van der Waals surface area contributed by atoms with Gasteiger partial charge in [0.2, 0.25) is 5.91 Å². The van der Waals surface area contributed by atoms with Crippen molar-refractivity contribution in [2.75, 3.05) is 17.7 Å². The summed E-state index contributed by atoms with van der Waals surface area (Å²) in [5.74, 6) is 0.0913. The molecule has 1 aliphatic rings. The number of aryl methyl sites for hydroxylation is 3. The maximum atomic E-state index is 12.7. The van der Waals surface area contributed by atoms with Gasteiger partial charge < -0.3 is 4.90 Å². The van der Waals surface area contributed by atoms with E-state index in [1.807, 2.05) is 6.92 Å². The van der Waals surface area contributed by atoms with Gasteiger partial charge in [-0.15, -0.1) is 0 Å². The summed E-state index contributed by atoms with van der Waals surface area (Å²) >= 11 is 0. The summed E-state index contributed by atoms with van der Waals surface area (Å²) in [5, 5.41) is 0. The van der Waals surface area contributed by atoms with Crippen LogP contribution in [0.25, 0.3) is 0 Å². The van der Waals surface area contributed by atoms with Crippen molar-refractivity contribution in [3.05, 3.63) is 59.2 Å². The minimum atomic E-state index is -3.23. The third kappa shape index (κ3) is 4.10. The first kappa shape index (κ1) is 17.7. The van der Waals surface area contributed by atoms with Crippen LogP contribution in [0.4, 0.5) is 5.69 Å². The van der Waals surface area contributed by atoms with Gasteiger partial charge in [0.05, 0.1) is 4.90 Å². The molecule has 5 heteroatoms. The van der Waals surface area contributed by atoms with Gasteiger partial charge in [-0.2, -0.15) is 0 Å². The van der Waals surface area contributed by atoms with E-state index in [-0.39, 0.29) is 5.91 Å². The number of rotatable bonds is 4. The lowest BCUT2D eigenvalue weighted by Gasteiger charge is -2.30. The Morgan fingerprint density at radius 1 is 1.12 bits per heavy atom. The largest absolute Gasteiger partial charge is 0.312 e. The summed E-state index contributed by atoms with van der Waals surface area (Å²) in [6, 6.07) is 13.3. The molecule has 0 unspecified atom stereocenters. The summed E-state index contributed by atoms with van der Waals surface area (Å²) in [4.78, 5) is 14.8. The number of amides is 1. The molecule has 1 amide bonds.